The fourth-order valence-electron chi connectivity index (χ4n) is 2.87. The third-order valence-corrected chi connectivity index (χ3v) is 5.23. The topological polar surface area (TPSA) is 103 Å². The molecule has 160 valence electrons. The standard InChI is InChI=1S/C19H14F3N5O3S/c1-10-3-2-4-13(15(10)28)17(29)26-31-9-12-8-27-6-5-11(7-14(27)23-12)16-24-18(30-25-16)19(20,21)22/h2-8,13,31H,9H2,1H3. The van der Waals surface area contributed by atoms with E-state index in [9.17, 15) is 22.8 Å². The summed E-state index contributed by atoms with van der Waals surface area (Å²) in [5.41, 5.74) is 1.89. The highest BCUT2D eigenvalue weighted by molar-refractivity contribution is 7.67. The highest BCUT2D eigenvalue weighted by Crippen LogP contribution is 2.29. The molecule has 3 aromatic rings. The van der Waals surface area contributed by atoms with Gasteiger partial charge in [0.1, 0.15) is 11.6 Å². The Morgan fingerprint density at radius 3 is 2.90 bits per heavy atom. The van der Waals surface area contributed by atoms with Crippen LogP contribution < -0.4 is 0 Å². The number of Topliss-reactive ketones (excluding diaryl/α,β-unsaturated/α-hetero) is 1. The number of fused-ring (bicyclic) bond motifs is 1. The molecule has 0 radical (unpaired) electrons. The second-order valence-electron chi connectivity index (χ2n) is 6.65. The van der Waals surface area contributed by atoms with Gasteiger partial charge in [-0.2, -0.15) is 22.5 Å². The first-order valence-electron chi connectivity index (χ1n) is 8.92. The van der Waals surface area contributed by atoms with Gasteiger partial charge in [-0.15, -0.1) is 0 Å². The summed E-state index contributed by atoms with van der Waals surface area (Å²) < 4.78 is 47.8. The number of nitrogens with zero attached hydrogens (tertiary/aromatic N) is 5. The van der Waals surface area contributed by atoms with Gasteiger partial charge in [-0.25, -0.2) is 4.98 Å². The van der Waals surface area contributed by atoms with E-state index in [4.69, 9.17) is 0 Å². The van der Waals surface area contributed by atoms with Gasteiger partial charge >= 0.3 is 12.1 Å². The molecule has 0 saturated heterocycles. The second-order valence-corrected chi connectivity index (χ2v) is 7.45. The van der Waals surface area contributed by atoms with Crippen molar-refractivity contribution in [3.8, 4) is 11.4 Å². The lowest BCUT2D eigenvalue weighted by molar-refractivity contribution is -0.159. The third kappa shape index (κ3) is 4.38. The number of thiol groups is 1. The van der Waals surface area contributed by atoms with Crippen LogP contribution in [0.15, 0.2) is 57.2 Å². The van der Waals surface area contributed by atoms with E-state index in [0.717, 1.165) is 0 Å². The molecule has 1 aliphatic carbocycles. The molecule has 12 heteroatoms. The fraction of sp³-hybridized carbons (Fsp3) is 0.211. The molecule has 0 N–H and O–H groups in total. The maximum absolute atomic E-state index is 12.6. The van der Waals surface area contributed by atoms with Gasteiger partial charge in [0.05, 0.1) is 5.69 Å². The van der Waals surface area contributed by atoms with E-state index < -0.39 is 23.9 Å². The molecule has 0 aliphatic heterocycles. The number of amides is 1. The van der Waals surface area contributed by atoms with Crippen molar-refractivity contribution >= 4 is 28.9 Å². The van der Waals surface area contributed by atoms with Crippen LogP contribution in [0.1, 0.15) is 18.5 Å². The number of carbonyl (C=O) groups is 2. The van der Waals surface area contributed by atoms with E-state index in [0.29, 0.717) is 39.8 Å². The van der Waals surface area contributed by atoms with E-state index in [1.165, 1.54) is 18.2 Å². The number of hydrogen-bond donors (Lipinski definition) is 1. The number of allylic oxidation sites excluding steroid dienone is 3. The Morgan fingerprint density at radius 2 is 2.16 bits per heavy atom. The highest BCUT2D eigenvalue weighted by atomic mass is 32.1. The lowest BCUT2D eigenvalue weighted by Crippen LogP contribution is -2.23. The number of pyridine rings is 1. The van der Waals surface area contributed by atoms with Gasteiger partial charge in [-0.05, 0) is 24.6 Å². The fourth-order valence-corrected chi connectivity index (χ4v) is 3.50. The molecule has 1 unspecified atom stereocenters. The normalized spacial score (nSPS) is 17.2. The first-order chi connectivity index (χ1) is 14.7. The zero-order valence-electron chi connectivity index (χ0n) is 15.9. The molecular formula is C19H14F3N5O3S. The van der Waals surface area contributed by atoms with E-state index in [1.807, 2.05) is 0 Å². The van der Waals surface area contributed by atoms with Gasteiger partial charge in [0.25, 0.3) is 5.91 Å². The number of imidazole rings is 1. The molecule has 8 nitrogen and oxygen atoms in total. The Morgan fingerprint density at radius 1 is 1.35 bits per heavy atom. The minimum atomic E-state index is -4.72. The molecule has 1 atom stereocenters. The van der Waals surface area contributed by atoms with Crippen molar-refractivity contribution < 1.29 is 27.3 Å². The van der Waals surface area contributed by atoms with Gasteiger partial charge in [0.2, 0.25) is 5.82 Å². The number of alkyl halides is 3. The Labute approximate surface area is 176 Å². The average molecular weight is 449 g/mol. The summed E-state index contributed by atoms with van der Waals surface area (Å²) in [6, 6.07) is 3.06. The van der Waals surface area contributed by atoms with Crippen LogP contribution in [-0.2, 0) is 33.1 Å². The van der Waals surface area contributed by atoms with E-state index in [2.05, 4.69) is 24.0 Å². The number of halogens is 3. The molecule has 4 rings (SSSR count). The smallest absolute Gasteiger partial charge is 0.329 e. The number of ketones is 1. The molecule has 3 heterocycles. The van der Waals surface area contributed by atoms with Crippen LogP contribution in [0.5, 0.6) is 0 Å². The maximum atomic E-state index is 12.6. The summed E-state index contributed by atoms with van der Waals surface area (Å²) in [6.45, 7) is 1.65. The highest BCUT2D eigenvalue weighted by Gasteiger charge is 2.38. The number of carbonyl (C=O) groups excluding carboxylic acids is 2. The van der Waals surface area contributed by atoms with Gasteiger partial charge in [-0.3, -0.25) is 9.59 Å². The minimum Gasteiger partial charge on any atom is -0.329 e. The second kappa shape index (κ2) is 8.02. The number of rotatable bonds is 4. The van der Waals surface area contributed by atoms with E-state index >= 15 is 0 Å². The summed E-state index contributed by atoms with van der Waals surface area (Å²) in [5, 5.41) is 3.36. The summed E-state index contributed by atoms with van der Waals surface area (Å²) in [6.07, 6.45) is 3.42. The van der Waals surface area contributed by atoms with Crippen molar-refractivity contribution in [2.45, 2.75) is 18.9 Å². The Bertz CT molecular complexity index is 1270. The zero-order valence-corrected chi connectivity index (χ0v) is 16.8. The van der Waals surface area contributed by atoms with Crippen LogP contribution in [0, 0.1) is 5.92 Å². The predicted molar refractivity (Wildman–Crippen MR) is 105 cm³/mol. The van der Waals surface area contributed by atoms with Gasteiger partial charge in [0.15, 0.2) is 5.78 Å². The average Bonchev–Trinajstić information content (AvgIpc) is 3.36. The van der Waals surface area contributed by atoms with E-state index in [-0.39, 0.29) is 11.6 Å². The first kappa shape index (κ1) is 20.8. The van der Waals surface area contributed by atoms with Crippen molar-refractivity contribution in [2.24, 2.45) is 10.3 Å². The van der Waals surface area contributed by atoms with Gasteiger partial charge in [0, 0.05) is 23.7 Å². The van der Waals surface area contributed by atoms with Crippen molar-refractivity contribution in [1.29, 1.82) is 0 Å². The SMILES string of the molecule is CC1=CC=CC(C(=O)N=[SH]Cc2cn3ccc(-c4noc(C(F)(F)F)n4)cc3n2)C1=O. The Balaban J connectivity index is 1.47. The van der Waals surface area contributed by atoms with Crippen molar-refractivity contribution in [3.05, 3.63) is 59.9 Å². The maximum Gasteiger partial charge on any atom is 0.471 e. The van der Waals surface area contributed by atoms with Crippen LogP contribution >= 0.6 is 0 Å². The minimum absolute atomic E-state index is 0.201. The molecule has 1 amide bonds. The van der Waals surface area contributed by atoms with Gasteiger partial charge < -0.3 is 8.92 Å². The molecule has 31 heavy (non-hydrogen) atoms. The summed E-state index contributed by atoms with van der Waals surface area (Å²) in [5.74, 6) is -2.97. The van der Waals surface area contributed by atoms with Crippen LogP contribution in [0.3, 0.4) is 0 Å². The molecule has 0 aromatic carbocycles. The Kier molecular flexibility index (Phi) is 5.39. The predicted octanol–water partition coefficient (Wildman–Crippen LogP) is 3.13. The van der Waals surface area contributed by atoms with Crippen LogP contribution in [0.25, 0.3) is 17.0 Å². The molecule has 1 aliphatic rings. The summed E-state index contributed by atoms with van der Waals surface area (Å²) >= 11 is 0.420. The lowest BCUT2D eigenvalue weighted by Gasteiger charge is -2.10. The number of hydrogen-bond acceptors (Lipinski definition) is 6. The largest absolute Gasteiger partial charge is 0.471 e. The lowest BCUT2D eigenvalue weighted by atomic mass is 9.93. The van der Waals surface area contributed by atoms with Gasteiger partial charge in [-0.1, -0.05) is 34.9 Å². The molecular weight excluding hydrogens is 435 g/mol. The molecule has 3 aromatic heterocycles. The van der Waals surface area contributed by atoms with Crippen LogP contribution in [0.4, 0.5) is 13.2 Å². The zero-order chi connectivity index (χ0) is 22.2. The molecule has 0 fully saturated rings. The monoisotopic (exact) mass is 449 g/mol. The van der Waals surface area contributed by atoms with Crippen LogP contribution in [-0.4, -0.2) is 31.2 Å². The van der Waals surface area contributed by atoms with Crippen molar-refractivity contribution in [1.82, 2.24) is 19.5 Å². The Hall–Kier alpha value is -3.41. The van der Waals surface area contributed by atoms with Crippen molar-refractivity contribution in [2.75, 3.05) is 0 Å². The first-order valence-corrected chi connectivity index (χ1v) is 9.95. The quantitative estimate of drug-likeness (QED) is 0.485. The summed E-state index contributed by atoms with van der Waals surface area (Å²) in [7, 11) is 0. The summed E-state index contributed by atoms with van der Waals surface area (Å²) in [4.78, 5) is 31.9. The van der Waals surface area contributed by atoms with Crippen LogP contribution in [0.2, 0.25) is 0 Å². The van der Waals surface area contributed by atoms with Crippen molar-refractivity contribution in [3.63, 3.8) is 0 Å². The molecule has 0 saturated carbocycles. The van der Waals surface area contributed by atoms with E-state index in [1.54, 1.807) is 35.9 Å². The molecule has 0 spiro atoms. The molecule has 0 bridgehead atoms. The third-order valence-electron chi connectivity index (χ3n) is 4.43. The number of aromatic nitrogens is 4.